The molecule has 0 unspecified atom stereocenters. The molecule has 0 atom stereocenters. The summed E-state index contributed by atoms with van der Waals surface area (Å²) >= 11 is 0. The fourth-order valence-electron chi connectivity index (χ4n) is 5.85. The second kappa shape index (κ2) is 16.0. The number of nitrogens with one attached hydrogen (secondary N) is 2. The van der Waals surface area contributed by atoms with Crippen LogP contribution in [-0.4, -0.2) is 51.2 Å². The van der Waals surface area contributed by atoms with Crippen molar-refractivity contribution in [3.05, 3.63) is 89.5 Å². The summed E-state index contributed by atoms with van der Waals surface area (Å²) < 4.78 is 137. The molecule has 4 rings (SSSR count). The van der Waals surface area contributed by atoms with Gasteiger partial charge in [0.25, 0.3) is 0 Å². The summed E-state index contributed by atoms with van der Waals surface area (Å²) in [6.07, 6.45) is -12.8. The average molecular weight is 737 g/mol. The molecule has 0 heterocycles. The van der Waals surface area contributed by atoms with E-state index >= 15 is 0 Å². The van der Waals surface area contributed by atoms with Crippen molar-refractivity contribution in [2.24, 2.45) is 11.8 Å². The summed E-state index contributed by atoms with van der Waals surface area (Å²) in [6.45, 7) is -1.46. The second-order valence-corrected chi connectivity index (χ2v) is 11.9. The number of methoxy groups -OCH3 is 1. The van der Waals surface area contributed by atoms with Crippen LogP contribution in [0.2, 0.25) is 0 Å². The van der Waals surface area contributed by atoms with E-state index in [1.807, 2.05) is 0 Å². The molecule has 3 aromatic rings. The smallest absolute Gasteiger partial charge is 0.493 e. The zero-order valence-corrected chi connectivity index (χ0v) is 26.9. The van der Waals surface area contributed by atoms with Crippen molar-refractivity contribution >= 4 is 12.0 Å². The van der Waals surface area contributed by atoms with E-state index in [0.29, 0.717) is 30.8 Å². The first kappa shape index (κ1) is 39.0. The van der Waals surface area contributed by atoms with Gasteiger partial charge >= 0.3 is 30.9 Å². The van der Waals surface area contributed by atoms with Crippen molar-refractivity contribution < 1.29 is 68.1 Å². The lowest BCUT2D eigenvalue weighted by Crippen LogP contribution is -2.53. The summed E-state index contributed by atoms with van der Waals surface area (Å²) in [5, 5.41) is 4.01. The third-order valence-corrected chi connectivity index (χ3v) is 8.16. The molecule has 51 heavy (non-hydrogen) atoms. The van der Waals surface area contributed by atoms with E-state index in [0.717, 1.165) is 49.2 Å². The summed E-state index contributed by atoms with van der Waals surface area (Å²) in [4.78, 5) is 24.9. The minimum absolute atomic E-state index is 0.162. The van der Waals surface area contributed by atoms with Gasteiger partial charge in [-0.2, -0.15) is 13.2 Å². The third kappa shape index (κ3) is 11.9. The molecule has 0 radical (unpaired) electrons. The summed E-state index contributed by atoms with van der Waals surface area (Å²) in [6, 6.07) is 13.0. The van der Waals surface area contributed by atoms with Crippen molar-refractivity contribution in [2.75, 3.05) is 20.3 Å². The zero-order valence-electron chi connectivity index (χ0n) is 26.9. The van der Waals surface area contributed by atoms with E-state index in [1.54, 1.807) is 17.4 Å². The minimum atomic E-state index is -5.16. The second-order valence-electron chi connectivity index (χ2n) is 11.9. The molecule has 1 saturated carbocycles. The predicted molar refractivity (Wildman–Crippen MR) is 163 cm³/mol. The predicted octanol–water partition coefficient (Wildman–Crippen LogP) is 8.19. The Balaban J connectivity index is 1.70. The molecule has 17 heteroatoms. The molecule has 1 aliphatic carbocycles. The standard InChI is InChI=1S/C34H33F9N2O6/c1-48-29(46)23-12-8-22(9-13-23)19-49-26-14-10-21(11-15-26)18-31(45-30(47)44-20-32(35,36)37,24-4-2-6-27(16-24)50-33(38,39)40)25-5-3-7-28(17-25)51-34(41,42)43/h2-7,10-11,14-17,22-23H,8-9,12-13,18-20H2,1H3,(H2,44,45,47). The van der Waals surface area contributed by atoms with Crippen LogP contribution in [-0.2, 0) is 21.5 Å². The molecule has 0 aromatic heterocycles. The SMILES string of the molecule is COC(=O)C1CCC(COc2ccc(CC(NC(=O)NCC(F)(F)F)(c3cccc(OC(F)(F)F)c3)c3cccc(OC(F)(F)F)c3)cc2)CC1. The van der Waals surface area contributed by atoms with E-state index in [2.05, 4.69) is 14.8 Å². The Morgan fingerprint density at radius 1 is 0.725 bits per heavy atom. The molecule has 1 fully saturated rings. The fraction of sp³-hybridized carbons (Fsp3) is 0.412. The fourth-order valence-corrected chi connectivity index (χ4v) is 5.85. The molecule has 0 spiro atoms. The number of hydrogen-bond donors (Lipinski definition) is 2. The number of rotatable bonds is 12. The quantitative estimate of drug-likeness (QED) is 0.144. The van der Waals surface area contributed by atoms with Crippen LogP contribution in [0, 0.1) is 11.8 Å². The van der Waals surface area contributed by atoms with E-state index < -0.39 is 54.9 Å². The first-order valence-electron chi connectivity index (χ1n) is 15.5. The van der Waals surface area contributed by atoms with Gasteiger partial charge < -0.3 is 29.6 Å². The number of alkyl halides is 9. The Kier molecular flexibility index (Phi) is 12.2. The lowest BCUT2D eigenvalue weighted by molar-refractivity contribution is -0.275. The number of ether oxygens (including phenoxy) is 4. The van der Waals surface area contributed by atoms with Gasteiger partial charge in [0.2, 0.25) is 0 Å². The number of esters is 1. The van der Waals surface area contributed by atoms with E-state index in [-0.39, 0.29) is 28.9 Å². The number of urea groups is 1. The summed E-state index contributed by atoms with van der Waals surface area (Å²) in [7, 11) is 1.34. The highest BCUT2D eigenvalue weighted by molar-refractivity contribution is 5.76. The van der Waals surface area contributed by atoms with Crippen LogP contribution in [0.5, 0.6) is 17.2 Å². The first-order chi connectivity index (χ1) is 23.8. The van der Waals surface area contributed by atoms with Gasteiger partial charge in [-0.3, -0.25) is 4.79 Å². The Hall–Kier alpha value is -4.83. The normalized spacial score (nSPS) is 16.9. The molecule has 0 bridgehead atoms. The topological polar surface area (TPSA) is 95.1 Å². The molecule has 0 saturated heterocycles. The van der Waals surface area contributed by atoms with Crippen LogP contribution in [0.15, 0.2) is 72.8 Å². The summed E-state index contributed by atoms with van der Waals surface area (Å²) in [5.74, 6) is -1.39. The lowest BCUT2D eigenvalue weighted by Gasteiger charge is -2.37. The molecule has 0 aliphatic heterocycles. The average Bonchev–Trinajstić information content (AvgIpc) is 3.05. The van der Waals surface area contributed by atoms with Gasteiger partial charge in [-0.1, -0.05) is 36.4 Å². The highest BCUT2D eigenvalue weighted by Crippen LogP contribution is 2.39. The number of carbonyl (C=O) groups excluding carboxylic acids is 2. The van der Waals surface area contributed by atoms with Gasteiger partial charge in [-0.05, 0) is 84.7 Å². The lowest BCUT2D eigenvalue weighted by atomic mass is 9.77. The molecular formula is C34H33F9N2O6. The monoisotopic (exact) mass is 736 g/mol. The maximum Gasteiger partial charge on any atom is 0.573 e. The van der Waals surface area contributed by atoms with Crippen molar-refractivity contribution in [3.63, 3.8) is 0 Å². The van der Waals surface area contributed by atoms with Gasteiger partial charge in [0, 0.05) is 6.42 Å². The number of carbonyl (C=O) groups is 2. The highest BCUT2D eigenvalue weighted by Gasteiger charge is 2.40. The number of hydrogen-bond acceptors (Lipinski definition) is 6. The van der Waals surface area contributed by atoms with E-state index in [1.165, 1.54) is 31.4 Å². The van der Waals surface area contributed by atoms with Crippen molar-refractivity contribution in [1.82, 2.24) is 10.6 Å². The molecule has 8 nitrogen and oxygen atoms in total. The largest absolute Gasteiger partial charge is 0.573 e. The molecule has 1 aliphatic rings. The van der Waals surface area contributed by atoms with E-state index in [4.69, 9.17) is 9.47 Å². The van der Waals surface area contributed by atoms with E-state index in [9.17, 15) is 49.1 Å². The van der Waals surface area contributed by atoms with Crippen molar-refractivity contribution in [1.29, 1.82) is 0 Å². The van der Waals surface area contributed by atoms with Gasteiger partial charge in [0.15, 0.2) is 0 Å². The molecule has 278 valence electrons. The number of amides is 2. The Morgan fingerprint density at radius 2 is 1.25 bits per heavy atom. The van der Waals surface area contributed by atoms with Crippen LogP contribution < -0.4 is 24.8 Å². The van der Waals surface area contributed by atoms with Crippen LogP contribution >= 0.6 is 0 Å². The minimum Gasteiger partial charge on any atom is -0.493 e. The van der Waals surface area contributed by atoms with Crippen LogP contribution in [0.1, 0.15) is 42.4 Å². The van der Waals surface area contributed by atoms with Gasteiger partial charge in [0.05, 0.1) is 25.2 Å². The Bertz CT molecular complexity index is 1560. The van der Waals surface area contributed by atoms with Crippen LogP contribution in [0.25, 0.3) is 0 Å². The van der Waals surface area contributed by atoms with Gasteiger partial charge in [-0.15, -0.1) is 26.3 Å². The van der Waals surface area contributed by atoms with Crippen molar-refractivity contribution in [3.8, 4) is 17.2 Å². The zero-order chi connectivity index (χ0) is 37.5. The summed E-state index contributed by atoms with van der Waals surface area (Å²) in [5.41, 5.74) is -2.12. The third-order valence-electron chi connectivity index (χ3n) is 8.16. The first-order valence-corrected chi connectivity index (χ1v) is 15.5. The molecule has 3 aromatic carbocycles. The Labute approximate surface area is 286 Å². The van der Waals surface area contributed by atoms with Gasteiger partial charge in [0.1, 0.15) is 23.8 Å². The van der Waals surface area contributed by atoms with Crippen LogP contribution in [0.3, 0.4) is 0 Å². The maximum atomic E-state index is 13.2. The van der Waals surface area contributed by atoms with Crippen molar-refractivity contribution in [2.45, 2.75) is 56.5 Å². The molecular weight excluding hydrogens is 703 g/mol. The highest BCUT2D eigenvalue weighted by atomic mass is 19.4. The number of halogens is 9. The van der Waals surface area contributed by atoms with Crippen LogP contribution in [0.4, 0.5) is 44.3 Å². The molecule has 2 amide bonds. The van der Waals surface area contributed by atoms with Gasteiger partial charge in [-0.25, -0.2) is 4.79 Å². The maximum absolute atomic E-state index is 13.2. The molecule has 2 N–H and O–H groups in total. The Morgan fingerprint density at radius 3 is 1.73 bits per heavy atom. The number of benzene rings is 3.